The van der Waals surface area contributed by atoms with Crippen LogP contribution in [-0.2, 0) is 16.0 Å². The summed E-state index contributed by atoms with van der Waals surface area (Å²) >= 11 is 6.45. The van der Waals surface area contributed by atoms with Crippen molar-refractivity contribution >= 4 is 29.6 Å². The number of halogens is 1. The number of ether oxygens (including phenoxy) is 1. The number of carboxylic acid groups (broad SMARTS) is 1. The number of aryl methyl sites for hydroxylation is 1. The SMILES string of the molecule is CCC(C)(CC)OC(=O)N(CCCc1ccc(Cl)c(C(=O)NCC23CC4CC(CC(C4)C2)C3)c1)CCC(=O)O. The van der Waals surface area contributed by atoms with Gasteiger partial charge in [0.2, 0.25) is 0 Å². The average molecular weight is 561 g/mol. The topological polar surface area (TPSA) is 95.9 Å². The van der Waals surface area contributed by atoms with E-state index in [9.17, 15) is 14.4 Å². The minimum atomic E-state index is -0.955. The van der Waals surface area contributed by atoms with E-state index < -0.39 is 17.7 Å². The Morgan fingerprint density at radius 2 is 1.69 bits per heavy atom. The van der Waals surface area contributed by atoms with Crippen molar-refractivity contribution in [2.24, 2.45) is 23.2 Å². The highest BCUT2D eigenvalue weighted by Crippen LogP contribution is 2.59. The first-order valence-electron chi connectivity index (χ1n) is 14.8. The number of aliphatic carboxylic acids is 1. The van der Waals surface area contributed by atoms with Gasteiger partial charge in [-0.15, -0.1) is 0 Å². The molecular formula is C31H45ClN2O5. The fraction of sp³-hybridized carbons (Fsp3) is 0.710. The number of hydrogen-bond acceptors (Lipinski definition) is 4. The van der Waals surface area contributed by atoms with Crippen molar-refractivity contribution in [2.75, 3.05) is 19.6 Å². The first kappa shape index (κ1) is 29.7. The Labute approximate surface area is 238 Å². The Balaban J connectivity index is 1.33. The molecule has 1 aromatic carbocycles. The number of hydrogen-bond donors (Lipinski definition) is 2. The summed E-state index contributed by atoms with van der Waals surface area (Å²) < 4.78 is 5.74. The largest absolute Gasteiger partial charge is 0.481 e. The lowest BCUT2D eigenvalue weighted by Crippen LogP contribution is -2.51. The van der Waals surface area contributed by atoms with Gasteiger partial charge in [-0.2, -0.15) is 0 Å². The summed E-state index contributed by atoms with van der Waals surface area (Å²) in [6.07, 6.45) is 9.83. The van der Waals surface area contributed by atoms with Crippen LogP contribution in [0.4, 0.5) is 4.79 Å². The van der Waals surface area contributed by atoms with Gasteiger partial charge >= 0.3 is 12.1 Å². The lowest BCUT2D eigenvalue weighted by molar-refractivity contribution is -0.137. The molecule has 0 atom stereocenters. The van der Waals surface area contributed by atoms with Gasteiger partial charge in [0.05, 0.1) is 17.0 Å². The second kappa shape index (κ2) is 12.5. The summed E-state index contributed by atoms with van der Waals surface area (Å²) in [4.78, 5) is 38.7. The van der Waals surface area contributed by atoms with E-state index in [1.54, 1.807) is 6.07 Å². The number of benzene rings is 1. The molecule has 4 fully saturated rings. The molecule has 0 heterocycles. The highest BCUT2D eigenvalue weighted by atomic mass is 35.5. The van der Waals surface area contributed by atoms with Crippen molar-refractivity contribution < 1.29 is 24.2 Å². The maximum Gasteiger partial charge on any atom is 0.410 e. The molecule has 0 spiro atoms. The zero-order chi connectivity index (χ0) is 28.2. The van der Waals surface area contributed by atoms with Crippen molar-refractivity contribution in [1.29, 1.82) is 0 Å². The molecule has 2 amide bonds. The molecule has 4 saturated carbocycles. The molecule has 4 aliphatic carbocycles. The van der Waals surface area contributed by atoms with Gasteiger partial charge < -0.3 is 20.1 Å². The van der Waals surface area contributed by atoms with Crippen LogP contribution < -0.4 is 5.32 Å². The third-order valence-electron chi connectivity index (χ3n) is 9.64. The first-order chi connectivity index (χ1) is 18.5. The van der Waals surface area contributed by atoms with Crippen molar-refractivity contribution in [3.8, 4) is 0 Å². The molecule has 7 nitrogen and oxygen atoms in total. The molecule has 0 unspecified atom stereocenters. The standard InChI is InChI=1S/C31H45ClN2O5/c1-4-30(3,5-2)39-29(38)34(12-10-27(35)36)11-6-7-21-8-9-26(32)25(16-21)28(37)33-20-31-17-22-13-23(18-31)15-24(14-22)19-31/h8-9,16,22-24H,4-7,10-15,17-20H2,1-3H3,(H,33,37)(H,35,36). The predicted molar refractivity (Wildman–Crippen MR) is 152 cm³/mol. The lowest BCUT2D eigenvalue weighted by atomic mass is 9.49. The van der Waals surface area contributed by atoms with E-state index in [-0.39, 0.29) is 24.3 Å². The van der Waals surface area contributed by atoms with Crippen molar-refractivity contribution in [2.45, 2.75) is 97.0 Å². The Bertz CT molecular complexity index is 1020. The highest BCUT2D eigenvalue weighted by molar-refractivity contribution is 6.33. The van der Waals surface area contributed by atoms with Gasteiger partial charge in [-0.3, -0.25) is 9.59 Å². The number of nitrogens with zero attached hydrogens (tertiary/aromatic N) is 1. The van der Waals surface area contributed by atoms with Crippen LogP contribution in [0.1, 0.15) is 101 Å². The van der Waals surface area contributed by atoms with E-state index in [2.05, 4.69) is 5.32 Å². The Morgan fingerprint density at radius 1 is 1.08 bits per heavy atom. The number of carbonyl (C=O) groups excluding carboxylic acids is 2. The molecule has 0 saturated heterocycles. The number of nitrogens with one attached hydrogen (secondary N) is 1. The van der Waals surface area contributed by atoms with Crippen LogP contribution in [0.25, 0.3) is 0 Å². The Hall–Kier alpha value is -2.28. The molecule has 8 heteroatoms. The normalized spacial score (nSPS) is 25.4. The molecule has 4 bridgehead atoms. The van der Waals surface area contributed by atoms with Gasteiger partial charge in [0.25, 0.3) is 5.91 Å². The second-order valence-electron chi connectivity index (χ2n) is 12.7. The molecule has 0 radical (unpaired) electrons. The van der Waals surface area contributed by atoms with Crippen molar-refractivity contribution in [3.63, 3.8) is 0 Å². The van der Waals surface area contributed by atoms with Crippen molar-refractivity contribution in [3.05, 3.63) is 34.3 Å². The number of rotatable bonds is 13. The molecular weight excluding hydrogens is 516 g/mol. The van der Waals surface area contributed by atoms with Crippen LogP contribution in [0.15, 0.2) is 18.2 Å². The molecule has 1 aromatic rings. The smallest absolute Gasteiger partial charge is 0.410 e. The maximum absolute atomic E-state index is 13.2. The van der Waals surface area contributed by atoms with E-state index in [1.807, 2.05) is 32.9 Å². The monoisotopic (exact) mass is 560 g/mol. The van der Waals surface area contributed by atoms with E-state index in [4.69, 9.17) is 21.4 Å². The fourth-order valence-electron chi connectivity index (χ4n) is 7.44. The highest BCUT2D eigenvalue weighted by Gasteiger charge is 2.50. The zero-order valence-corrected chi connectivity index (χ0v) is 24.5. The average Bonchev–Trinajstić information content (AvgIpc) is 2.89. The van der Waals surface area contributed by atoms with Gasteiger partial charge in [-0.25, -0.2) is 4.79 Å². The zero-order valence-electron chi connectivity index (χ0n) is 23.8. The van der Waals surface area contributed by atoms with Crippen LogP contribution >= 0.6 is 11.6 Å². The summed E-state index contributed by atoms with van der Waals surface area (Å²) in [5.74, 6) is 1.44. The molecule has 2 N–H and O–H groups in total. The second-order valence-corrected chi connectivity index (χ2v) is 13.1. The number of carbonyl (C=O) groups is 3. The molecule has 4 aliphatic rings. The summed E-state index contributed by atoms with van der Waals surface area (Å²) in [7, 11) is 0. The lowest BCUT2D eigenvalue weighted by Gasteiger charge is -2.56. The van der Waals surface area contributed by atoms with Crippen LogP contribution in [0, 0.1) is 23.2 Å². The quantitative estimate of drug-likeness (QED) is 0.279. The predicted octanol–water partition coefficient (Wildman–Crippen LogP) is 6.71. The fourth-order valence-corrected chi connectivity index (χ4v) is 7.64. The van der Waals surface area contributed by atoms with Gasteiger partial charge in [0.1, 0.15) is 5.60 Å². The summed E-state index contributed by atoms with van der Waals surface area (Å²) in [6.45, 7) is 7.02. The maximum atomic E-state index is 13.2. The van der Waals surface area contributed by atoms with E-state index >= 15 is 0 Å². The van der Waals surface area contributed by atoms with Crippen LogP contribution in [-0.4, -0.2) is 53.2 Å². The van der Waals surface area contributed by atoms with Gasteiger partial charge in [0.15, 0.2) is 0 Å². The number of carboxylic acids is 1. The molecule has 39 heavy (non-hydrogen) atoms. The van der Waals surface area contributed by atoms with Crippen LogP contribution in [0.5, 0.6) is 0 Å². The van der Waals surface area contributed by atoms with Crippen LogP contribution in [0.2, 0.25) is 5.02 Å². The minimum absolute atomic E-state index is 0.0935. The Kier molecular flexibility index (Phi) is 9.51. The van der Waals surface area contributed by atoms with E-state index in [0.29, 0.717) is 42.8 Å². The molecule has 5 rings (SSSR count). The molecule has 0 aromatic heterocycles. The third kappa shape index (κ3) is 7.47. The minimum Gasteiger partial charge on any atom is -0.481 e. The molecule has 216 valence electrons. The summed E-state index contributed by atoms with van der Waals surface area (Å²) in [5.41, 5.74) is 1.13. The molecule has 0 aliphatic heterocycles. The van der Waals surface area contributed by atoms with Gasteiger partial charge in [-0.05, 0) is 112 Å². The van der Waals surface area contributed by atoms with Crippen LogP contribution in [0.3, 0.4) is 0 Å². The van der Waals surface area contributed by atoms with Gasteiger partial charge in [0, 0.05) is 19.6 Å². The summed E-state index contributed by atoms with van der Waals surface area (Å²) in [6, 6.07) is 5.52. The van der Waals surface area contributed by atoms with Crippen molar-refractivity contribution in [1.82, 2.24) is 10.2 Å². The Morgan fingerprint density at radius 3 is 2.26 bits per heavy atom. The number of amides is 2. The van der Waals surface area contributed by atoms with E-state index in [1.165, 1.54) is 43.4 Å². The van der Waals surface area contributed by atoms with E-state index in [0.717, 1.165) is 29.9 Å². The van der Waals surface area contributed by atoms with Gasteiger partial charge in [-0.1, -0.05) is 31.5 Å². The first-order valence-corrected chi connectivity index (χ1v) is 15.2. The summed E-state index contributed by atoms with van der Waals surface area (Å²) in [5, 5.41) is 12.8. The third-order valence-corrected chi connectivity index (χ3v) is 9.97.